The van der Waals surface area contributed by atoms with E-state index in [9.17, 15) is 4.79 Å². The molecule has 14 heavy (non-hydrogen) atoms. The number of carbonyl (C=O) groups is 1. The van der Waals surface area contributed by atoms with Crippen LogP contribution in [0.15, 0.2) is 24.4 Å². The van der Waals surface area contributed by atoms with Gasteiger partial charge in [0.15, 0.2) is 0 Å². The summed E-state index contributed by atoms with van der Waals surface area (Å²) in [7, 11) is 0. The van der Waals surface area contributed by atoms with E-state index in [1.165, 1.54) is 6.20 Å². The molecule has 2 rings (SSSR count). The first kappa shape index (κ1) is 8.39. The fraction of sp³-hybridized carbons (Fsp3) is 0. The van der Waals surface area contributed by atoms with E-state index in [-0.39, 0.29) is 5.56 Å². The van der Waals surface area contributed by atoms with E-state index >= 15 is 0 Å². The zero-order valence-electron chi connectivity index (χ0n) is 7.24. The topological polar surface area (TPSA) is 53.1 Å². The number of terminal acetylenes is 1. The third kappa shape index (κ3) is 1.05. The minimum atomic E-state index is -0.973. The SMILES string of the molecule is C#Cc1cccc2[nH]cc(C(=O)O)c12. The number of H-pyrrole nitrogens is 1. The van der Waals surface area contributed by atoms with Gasteiger partial charge in [0, 0.05) is 22.7 Å². The van der Waals surface area contributed by atoms with Crippen molar-refractivity contribution in [3.8, 4) is 12.3 Å². The van der Waals surface area contributed by atoms with Crippen molar-refractivity contribution < 1.29 is 9.90 Å². The summed E-state index contributed by atoms with van der Waals surface area (Å²) in [4.78, 5) is 13.7. The summed E-state index contributed by atoms with van der Waals surface area (Å²) in [5.74, 6) is 1.49. The number of fused-ring (bicyclic) bond motifs is 1. The molecule has 0 fully saturated rings. The van der Waals surface area contributed by atoms with Crippen LogP contribution in [0.5, 0.6) is 0 Å². The number of carboxylic acid groups (broad SMARTS) is 1. The van der Waals surface area contributed by atoms with Gasteiger partial charge in [-0.25, -0.2) is 4.79 Å². The van der Waals surface area contributed by atoms with E-state index in [2.05, 4.69) is 10.9 Å². The number of aromatic amines is 1. The molecule has 1 heterocycles. The molecule has 0 unspecified atom stereocenters. The van der Waals surface area contributed by atoms with Gasteiger partial charge in [-0.05, 0) is 12.1 Å². The summed E-state index contributed by atoms with van der Waals surface area (Å²) in [6.07, 6.45) is 6.74. The molecule has 3 nitrogen and oxygen atoms in total. The third-order valence-corrected chi connectivity index (χ3v) is 2.09. The number of nitrogens with one attached hydrogen (secondary N) is 1. The Balaban J connectivity index is 2.89. The Morgan fingerprint density at radius 2 is 2.29 bits per heavy atom. The predicted molar refractivity (Wildman–Crippen MR) is 53.2 cm³/mol. The van der Waals surface area contributed by atoms with Crippen molar-refractivity contribution in [1.82, 2.24) is 4.98 Å². The number of rotatable bonds is 1. The first-order valence-corrected chi connectivity index (χ1v) is 4.04. The van der Waals surface area contributed by atoms with Crippen LogP contribution in [0.4, 0.5) is 0 Å². The van der Waals surface area contributed by atoms with Crippen molar-refractivity contribution in [2.24, 2.45) is 0 Å². The first-order chi connectivity index (χ1) is 6.74. The average molecular weight is 185 g/mol. The van der Waals surface area contributed by atoms with Crippen molar-refractivity contribution in [1.29, 1.82) is 0 Å². The second kappa shape index (κ2) is 2.93. The second-order valence-electron chi connectivity index (χ2n) is 2.88. The molecule has 0 aliphatic rings. The highest BCUT2D eigenvalue weighted by Crippen LogP contribution is 2.21. The van der Waals surface area contributed by atoms with Crippen molar-refractivity contribution >= 4 is 16.9 Å². The molecule has 0 saturated carbocycles. The number of carboxylic acids is 1. The van der Waals surface area contributed by atoms with Crippen LogP contribution in [0.1, 0.15) is 15.9 Å². The summed E-state index contributed by atoms with van der Waals surface area (Å²) in [6.45, 7) is 0. The summed E-state index contributed by atoms with van der Waals surface area (Å²) in [6, 6.07) is 5.31. The molecule has 0 spiro atoms. The highest BCUT2D eigenvalue weighted by molar-refractivity contribution is 6.05. The van der Waals surface area contributed by atoms with Crippen LogP contribution in [-0.2, 0) is 0 Å². The average Bonchev–Trinajstić information content (AvgIpc) is 2.60. The lowest BCUT2D eigenvalue weighted by atomic mass is 10.1. The summed E-state index contributed by atoms with van der Waals surface area (Å²) >= 11 is 0. The summed E-state index contributed by atoms with van der Waals surface area (Å²) in [5.41, 5.74) is 1.56. The van der Waals surface area contributed by atoms with Gasteiger partial charge in [0.2, 0.25) is 0 Å². The molecule has 2 N–H and O–H groups in total. The number of benzene rings is 1. The Bertz CT molecular complexity index is 546. The fourth-order valence-electron chi connectivity index (χ4n) is 1.47. The number of aromatic nitrogens is 1. The van der Waals surface area contributed by atoms with Crippen LogP contribution in [0.2, 0.25) is 0 Å². The van der Waals surface area contributed by atoms with Crippen LogP contribution in [-0.4, -0.2) is 16.1 Å². The normalized spacial score (nSPS) is 9.93. The zero-order valence-corrected chi connectivity index (χ0v) is 7.24. The zero-order chi connectivity index (χ0) is 10.1. The molecule has 0 saturated heterocycles. The van der Waals surface area contributed by atoms with Crippen LogP contribution >= 0.6 is 0 Å². The highest BCUT2D eigenvalue weighted by atomic mass is 16.4. The lowest BCUT2D eigenvalue weighted by Gasteiger charge is -1.95. The molecule has 0 radical (unpaired) electrons. The molecule has 1 aromatic carbocycles. The van der Waals surface area contributed by atoms with Crippen LogP contribution in [0.3, 0.4) is 0 Å². The molecule has 1 aromatic heterocycles. The van der Waals surface area contributed by atoms with E-state index < -0.39 is 5.97 Å². The lowest BCUT2D eigenvalue weighted by Crippen LogP contribution is -1.94. The predicted octanol–water partition coefficient (Wildman–Crippen LogP) is 1.85. The Morgan fingerprint density at radius 3 is 2.93 bits per heavy atom. The number of hydrogen-bond acceptors (Lipinski definition) is 1. The highest BCUT2D eigenvalue weighted by Gasteiger charge is 2.12. The van der Waals surface area contributed by atoms with E-state index in [0.717, 1.165) is 5.52 Å². The molecule has 0 bridgehead atoms. The molecule has 0 atom stereocenters. The maximum absolute atomic E-state index is 10.9. The minimum absolute atomic E-state index is 0.216. The van der Waals surface area contributed by atoms with Gasteiger partial charge in [0.1, 0.15) is 0 Å². The van der Waals surface area contributed by atoms with E-state index in [0.29, 0.717) is 10.9 Å². The van der Waals surface area contributed by atoms with Gasteiger partial charge >= 0.3 is 5.97 Å². The molecule has 0 amide bonds. The van der Waals surface area contributed by atoms with Crippen LogP contribution in [0, 0.1) is 12.3 Å². The maximum atomic E-state index is 10.9. The molecule has 0 aliphatic heterocycles. The van der Waals surface area contributed by atoms with Gasteiger partial charge in [-0.1, -0.05) is 12.0 Å². The minimum Gasteiger partial charge on any atom is -0.478 e. The molecular formula is C11H7NO2. The van der Waals surface area contributed by atoms with Crippen molar-refractivity contribution in [2.75, 3.05) is 0 Å². The first-order valence-electron chi connectivity index (χ1n) is 4.04. The third-order valence-electron chi connectivity index (χ3n) is 2.09. The molecule has 2 aromatic rings. The Hall–Kier alpha value is -2.21. The molecule has 3 heteroatoms. The standard InChI is InChI=1S/C11H7NO2/c1-2-7-4-3-5-9-10(7)8(6-12-9)11(13)14/h1,3-6,12H,(H,13,14). The largest absolute Gasteiger partial charge is 0.478 e. The Morgan fingerprint density at radius 1 is 1.50 bits per heavy atom. The van der Waals surface area contributed by atoms with Crippen molar-refractivity contribution in [3.63, 3.8) is 0 Å². The smallest absolute Gasteiger partial charge is 0.337 e. The second-order valence-corrected chi connectivity index (χ2v) is 2.88. The van der Waals surface area contributed by atoms with Gasteiger partial charge in [0.05, 0.1) is 5.56 Å². The van der Waals surface area contributed by atoms with Gasteiger partial charge in [-0.15, -0.1) is 6.42 Å². The van der Waals surface area contributed by atoms with E-state index in [4.69, 9.17) is 11.5 Å². The van der Waals surface area contributed by atoms with Crippen LogP contribution in [0.25, 0.3) is 10.9 Å². The number of hydrogen-bond donors (Lipinski definition) is 2. The number of aromatic carboxylic acids is 1. The van der Waals surface area contributed by atoms with Crippen LogP contribution < -0.4 is 0 Å². The molecular weight excluding hydrogens is 178 g/mol. The van der Waals surface area contributed by atoms with E-state index in [1.807, 2.05) is 0 Å². The van der Waals surface area contributed by atoms with Gasteiger partial charge in [-0.2, -0.15) is 0 Å². The monoisotopic (exact) mass is 185 g/mol. The Labute approximate surface area is 80.4 Å². The van der Waals surface area contributed by atoms with E-state index in [1.54, 1.807) is 18.2 Å². The fourth-order valence-corrected chi connectivity index (χ4v) is 1.47. The summed E-state index contributed by atoms with van der Waals surface area (Å²) < 4.78 is 0. The van der Waals surface area contributed by atoms with Crippen molar-refractivity contribution in [2.45, 2.75) is 0 Å². The Kier molecular flexibility index (Phi) is 1.76. The quantitative estimate of drug-likeness (QED) is 0.666. The van der Waals surface area contributed by atoms with Gasteiger partial charge in [0.25, 0.3) is 0 Å². The molecule has 68 valence electrons. The molecule has 0 aliphatic carbocycles. The van der Waals surface area contributed by atoms with Gasteiger partial charge < -0.3 is 10.1 Å². The van der Waals surface area contributed by atoms with Gasteiger partial charge in [-0.3, -0.25) is 0 Å². The maximum Gasteiger partial charge on any atom is 0.337 e. The lowest BCUT2D eigenvalue weighted by molar-refractivity contribution is 0.0699. The summed E-state index contributed by atoms with van der Waals surface area (Å²) in [5, 5.41) is 9.50. The van der Waals surface area contributed by atoms with Crippen molar-refractivity contribution in [3.05, 3.63) is 35.5 Å².